The number of thioether (sulfide) groups is 1. The minimum Gasteiger partial charge on any atom is -0.364 e. The molecule has 0 aromatic rings. The summed E-state index contributed by atoms with van der Waals surface area (Å²) in [7, 11) is 2.21. The summed E-state index contributed by atoms with van der Waals surface area (Å²) in [5.74, 6) is 1.28. The number of aliphatic imine (C=N–C) groups is 1. The van der Waals surface area contributed by atoms with Crippen LogP contribution in [0.5, 0.6) is 0 Å². The summed E-state index contributed by atoms with van der Waals surface area (Å²) < 4.78 is 0. The summed E-state index contributed by atoms with van der Waals surface area (Å²) in [6, 6.07) is 0.670. The zero-order valence-electron chi connectivity index (χ0n) is 13.5. The smallest absolute Gasteiger partial charge is 0.156 e. The van der Waals surface area contributed by atoms with Gasteiger partial charge in [0.25, 0.3) is 0 Å². The van der Waals surface area contributed by atoms with Gasteiger partial charge in [-0.1, -0.05) is 37.9 Å². The van der Waals surface area contributed by atoms with Crippen LogP contribution in [0.1, 0.15) is 52.4 Å². The van der Waals surface area contributed by atoms with E-state index in [1.54, 1.807) is 0 Å². The summed E-state index contributed by atoms with van der Waals surface area (Å²) >= 11 is 1.95. The molecule has 2 aliphatic rings. The van der Waals surface area contributed by atoms with Crippen LogP contribution in [0.15, 0.2) is 4.99 Å². The van der Waals surface area contributed by atoms with Crippen molar-refractivity contribution in [2.75, 3.05) is 32.4 Å². The highest BCUT2D eigenvalue weighted by molar-refractivity contribution is 8.13. The fraction of sp³-hybridized carbons (Fsp3) is 0.938. The summed E-state index contributed by atoms with van der Waals surface area (Å²) in [4.78, 5) is 7.24. The molecule has 1 aliphatic heterocycles. The van der Waals surface area contributed by atoms with Crippen LogP contribution in [0.25, 0.3) is 0 Å². The maximum Gasteiger partial charge on any atom is 0.156 e. The van der Waals surface area contributed by atoms with Gasteiger partial charge in [-0.15, -0.1) is 0 Å². The molecule has 0 bridgehead atoms. The van der Waals surface area contributed by atoms with Gasteiger partial charge in [-0.25, -0.2) is 0 Å². The molecule has 1 atom stereocenters. The molecule has 1 fully saturated rings. The fourth-order valence-electron chi connectivity index (χ4n) is 3.13. The second-order valence-corrected chi connectivity index (χ2v) is 7.60. The predicted octanol–water partition coefficient (Wildman–Crippen LogP) is 3.36. The van der Waals surface area contributed by atoms with Crippen molar-refractivity contribution in [3.05, 3.63) is 0 Å². The Morgan fingerprint density at radius 2 is 2.10 bits per heavy atom. The third kappa shape index (κ3) is 4.39. The Morgan fingerprint density at radius 1 is 1.35 bits per heavy atom. The maximum atomic E-state index is 4.82. The van der Waals surface area contributed by atoms with E-state index in [1.807, 2.05) is 11.8 Å². The van der Waals surface area contributed by atoms with Crippen LogP contribution in [0, 0.1) is 5.41 Å². The van der Waals surface area contributed by atoms with E-state index in [9.17, 15) is 0 Å². The zero-order valence-corrected chi connectivity index (χ0v) is 14.3. The second kappa shape index (κ2) is 7.69. The van der Waals surface area contributed by atoms with Crippen molar-refractivity contribution in [3.63, 3.8) is 0 Å². The first-order chi connectivity index (χ1) is 9.65. The van der Waals surface area contributed by atoms with E-state index in [4.69, 9.17) is 4.99 Å². The molecular formula is C16H31N3S. The van der Waals surface area contributed by atoms with Crippen molar-refractivity contribution < 1.29 is 0 Å². The Balaban J connectivity index is 1.70. The third-order valence-electron chi connectivity index (χ3n) is 5.07. The van der Waals surface area contributed by atoms with Crippen molar-refractivity contribution in [1.82, 2.24) is 10.2 Å². The van der Waals surface area contributed by atoms with Gasteiger partial charge in [0, 0.05) is 31.4 Å². The van der Waals surface area contributed by atoms with Crippen LogP contribution in [-0.2, 0) is 0 Å². The average molecular weight is 298 g/mol. The van der Waals surface area contributed by atoms with Crippen molar-refractivity contribution in [2.45, 2.75) is 58.4 Å². The van der Waals surface area contributed by atoms with E-state index in [-0.39, 0.29) is 0 Å². The topological polar surface area (TPSA) is 27.6 Å². The van der Waals surface area contributed by atoms with E-state index in [0.717, 1.165) is 19.6 Å². The summed E-state index contributed by atoms with van der Waals surface area (Å²) in [6.07, 6.45) is 8.27. The summed E-state index contributed by atoms with van der Waals surface area (Å²) in [6.45, 7) is 7.71. The lowest BCUT2D eigenvalue weighted by molar-refractivity contribution is 0.232. The van der Waals surface area contributed by atoms with Gasteiger partial charge in [-0.05, 0) is 38.6 Å². The van der Waals surface area contributed by atoms with Crippen molar-refractivity contribution in [1.29, 1.82) is 0 Å². The molecule has 1 saturated carbocycles. The van der Waals surface area contributed by atoms with Gasteiger partial charge in [-0.3, -0.25) is 4.99 Å². The molecule has 3 nitrogen and oxygen atoms in total. The molecule has 0 aromatic heterocycles. The summed E-state index contributed by atoms with van der Waals surface area (Å²) in [5.41, 5.74) is 0.543. The van der Waals surface area contributed by atoms with Crippen molar-refractivity contribution in [2.24, 2.45) is 10.4 Å². The van der Waals surface area contributed by atoms with Crippen molar-refractivity contribution in [3.8, 4) is 0 Å². The largest absolute Gasteiger partial charge is 0.364 e. The van der Waals surface area contributed by atoms with Crippen molar-refractivity contribution >= 4 is 16.9 Å². The van der Waals surface area contributed by atoms with Gasteiger partial charge in [0.05, 0.1) is 0 Å². The highest BCUT2D eigenvalue weighted by Crippen LogP contribution is 2.41. The minimum absolute atomic E-state index is 0.543. The number of nitrogens with zero attached hydrogens (tertiary/aromatic N) is 2. The molecule has 0 radical (unpaired) electrons. The molecule has 20 heavy (non-hydrogen) atoms. The Morgan fingerprint density at radius 3 is 2.70 bits per heavy atom. The number of hydrogen-bond acceptors (Lipinski definition) is 4. The molecule has 116 valence electrons. The number of rotatable bonds is 5. The Bertz CT molecular complexity index is 324. The molecule has 1 heterocycles. The first-order valence-electron chi connectivity index (χ1n) is 8.26. The molecule has 0 amide bonds. The zero-order chi connectivity index (χ0) is 14.4. The predicted molar refractivity (Wildman–Crippen MR) is 90.7 cm³/mol. The van der Waals surface area contributed by atoms with Crippen LogP contribution in [-0.4, -0.2) is 48.5 Å². The minimum atomic E-state index is 0.543. The second-order valence-electron chi connectivity index (χ2n) is 6.64. The first kappa shape index (κ1) is 16.2. The Labute approximate surface area is 129 Å². The molecule has 1 spiro atoms. The lowest BCUT2D eigenvalue weighted by Crippen LogP contribution is -2.40. The van der Waals surface area contributed by atoms with Crippen LogP contribution in [0.4, 0.5) is 0 Å². The summed E-state index contributed by atoms with van der Waals surface area (Å²) in [5, 5.41) is 4.70. The highest BCUT2D eigenvalue weighted by atomic mass is 32.2. The van der Waals surface area contributed by atoms with E-state index in [2.05, 4.69) is 31.1 Å². The molecule has 4 heteroatoms. The van der Waals surface area contributed by atoms with E-state index < -0.39 is 0 Å². The molecule has 0 aromatic carbocycles. The normalized spacial score (nSPS) is 23.7. The number of nitrogens with one attached hydrogen (secondary N) is 1. The van der Waals surface area contributed by atoms with E-state index in [0.29, 0.717) is 11.5 Å². The monoisotopic (exact) mass is 297 g/mol. The standard InChI is InChI=1S/C16H31N3S/c1-4-14(2)19(3)11-10-17-15-18-12-16(13-20-15)8-6-5-7-9-16/h14H,4-13H2,1-3H3,(H,17,18). The van der Waals surface area contributed by atoms with Gasteiger partial charge in [0.1, 0.15) is 0 Å². The highest BCUT2D eigenvalue weighted by Gasteiger charge is 2.34. The number of likely N-dealkylation sites (N-methyl/N-ethyl adjacent to an activating group) is 1. The average Bonchev–Trinajstić information content (AvgIpc) is 2.49. The lowest BCUT2D eigenvalue weighted by Gasteiger charge is -2.38. The van der Waals surface area contributed by atoms with Gasteiger partial charge < -0.3 is 10.2 Å². The number of amidine groups is 1. The Kier molecular flexibility index (Phi) is 6.21. The lowest BCUT2D eigenvalue weighted by atomic mass is 9.75. The molecular weight excluding hydrogens is 266 g/mol. The van der Waals surface area contributed by atoms with Crippen LogP contribution in [0.3, 0.4) is 0 Å². The van der Waals surface area contributed by atoms with Gasteiger partial charge in [-0.2, -0.15) is 0 Å². The van der Waals surface area contributed by atoms with Crippen LogP contribution < -0.4 is 5.32 Å². The van der Waals surface area contributed by atoms with Gasteiger partial charge in [0.15, 0.2) is 5.17 Å². The van der Waals surface area contributed by atoms with Gasteiger partial charge in [0.2, 0.25) is 0 Å². The van der Waals surface area contributed by atoms with Crippen LogP contribution >= 0.6 is 11.8 Å². The van der Waals surface area contributed by atoms with Gasteiger partial charge >= 0.3 is 0 Å². The van der Waals surface area contributed by atoms with E-state index in [1.165, 1.54) is 49.4 Å². The van der Waals surface area contributed by atoms with E-state index >= 15 is 0 Å². The quantitative estimate of drug-likeness (QED) is 0.843. The molecule has 2 rings (SSSR count). The maximum absolute atomic E-state index is 4.82. The molecule has 1 N–H and O–H groups in total. The SMILES string of the molecule is CCC(C)N(C)CCNC1=NCC2(CCCCC2)CS1. The molecule has 0 saturated heterocycles. The number of hydrogen-bond donors (Lipinski definition) is 1. The fourth-order valence-corrected chi connectivity index (χ4v) is 4.32. The first-order valence-corrected chi connectivity index (χ1v) is 9.25. The third-order valence-corrected chi connectivity index (χ3v) is 6.37. The molecule has 1 aliphatic carbocycles. The molecule has 1 unspecified atom stereocenters. The Hall–Kier alpha value is -0.220. The van der Waals surface area contributed by atoms with Crippen LogP contribution in [0.2, 0.25) is 0 Å².